The number of nitrogens with zero attached hydrogens (tertiary/aromatic N) is 3. The number of nitrogens with one attached hydrogen (secondary N) is 1. The van der Waals surface area contributed by atoms with E-state index >= 15 is 0 Å². The predicted molar refractivity (Wildman–Crippen MR) is 64.2 cm³/mol. The van der Waals surface area contributed by atoms with Crippen molar-refractivity contribution in [3.63, 3.8) is 0 Å². The predicted octanol–water partition coefficient (Wildman–Crippen LogP) is 2.22. The third-order valence-electron chi connectivity index (χ3n) is 2.64. The van der Waals surface area contributed by atoms with E-state index in [1.54, 1.807) is 6.20 Å². The number of imidazole rings is 1. The van der Waals surface area contributed by atoms with Gasteiger partial charge in [0.15, 0.2) is 0 Å². The Bertz CT molecular complexity index is 462. The summed E-state index contributed by atoms with van der Waals surface area (Å²) >= 11 is 0. The number of aryl methyl sites for hydroxylation is 2. The van der Waals surface area contributed by atoms with Crippen LogP contribution < -0.4 is 5.32 Å². The molecule has 4 nitrogen and oxygen atoms in total. The summed E-state index contributed by atoms with van der Waals surface area (Å²) in [6.45, 7) is 5.91. The molecule has 0 amide bonds. The highest BCUT2D eigenvalue weighted by atomic mass is 15.1. The van der Waals surface area contributed by atoms with Crippen LogP contribution in [0.3, 0.4) is 0 Å². The molecule has 2 aromatic heterocycles. The molecular weight excluding hydrogens is 200 g/mol. The van der Waals surface area contributed by atoms with E-state index < -0.39 is 0 Å². The fourth-order valence-corrected chi connectivity index (χ4v) is 1.61. The summed E-state index contributed by atoms with van der Waals surface area (Å²) in [5.74, 6) is 0. The number of hydrogen-bond acceptors (Lipinski definition) is 3. The number of anilines is 1. The zero-order valence-corrected chi connectivity index (χ0v) is 9.64. The number of pyridine rings is 1. The zero-order chi connectivity index (χ0) is 11.4. The molecule has 1 N–H and O–H groups in total. The average Bonchev–Trinajstić information content (AvgIpc) is 2.75. The van der Waals surface area contributed by atoms with Crippen LogP contribution in [-0.4, -0.2) is 14.5 Å². The summed E-state index contributed by atoms with van der Waals surface area (Å²) in [6.07, 6.45) is 7.40. The first-order valence-corrected chi connectivity index (χ1v) is 5.44. The summed E-state index contributed by atoms with van der Waals surface area (Å²) in [5.41, 5.74) is 3.47. The minimum atomic E-state index is 0.778. The summed E-state index contributed by atoms with van der Waals surface area (Å²) < 4.78 is 2.12. The molecular formula is C12H16N4. The molecule has 2 heterocycles. The molecule has 2 rings (SSSR count). The van der Waals surface area contributed by atoms with Crippen LogP contribution in [0, 0.1) is 6.92 Å². The van der Waals surface area contributed by atoms with Gasteiger partial charge in [0.05, 0.1) is 30.5 Å². The zero-order valence-electron chi connectivity index (χ0n) is 9.64. The van der Waals surface area contributed by atoms with Crippen LogP contribution in [-0.2, 0) is 13.1 Å². The van der Waals surface area contributed by atoms with Crippen LogP contribution >= 0.6 is 0 Å². The summed E-state index contributed by atoms with van der Waals surface area (Å²) in [6, 6.07) is 2.00. The number of hydrogen-bond donors (Lipinski definition) is 1. The van der Waals surface area contributed by atoms with Gasteiger partial charge in [-0.3, -0.25) is 4.98 Å². The Morgan fingerprint density at radius 3 is 2.94 bits per heavy atom. The second-order valence-electron chi connectivity index (χ2n) is 3.72. The highest BCUT2D eigenvalue weighted by Gasteiger charge is 2.01. The van der Waals surface area contributed by atoms with Crippen LogP contribution in [0.4, 0.5) is 5.69 Å². The Morgan fingerprint density at radius 1 is 1.31 bits per heavy atom. The van der Waals surface area contributed by atoms with E-state index in [-0.39, 0.29) is 0 Å². The highest BCUT2D eigenvalue weighted by molar-refractivity contribution is 5.47. The van der Waals surface area contributed by atoms with Crippen LogP contribution in [0.2, 0.25) is 0 Å². The van der Waals surface area contributed by atoms with Gasteiger partial charge in [-0.15, -0.1) is 0 Å². The molecule has 0 saturated heterocycles. The molecule has 84 valence electrons. The van der Waals surface area contributed by atoms with E-state index in [4.69, 9.17) is 0 Å². The molecule has 0 spiro atoms. The molecule has 0 aliphatic rings. The van der Waals surface area contributed by atoms with Crippen molar-refractivity contribution in [1.29, 1.82) is 0 Å². The number of rotatable bonds is 4. The lowest BCUT2D eigenvalue weighted by Gasteiger charge is -2.09. The van der Waals surface area contributed by atoms with E-state index in [2.05, 4.69) is 33.7 Å². The standard InChI is InChI=1S/C12H16N4/c1-3-16-9-14-6-11(16)7-15-12-8-13-5-4-10(12)2/h4-6,8-9,15H,3,7H2,1-2H3. The summed E-state index contributed by atoms with van der Waals surface area (Å²) in [5, 5.41) is 3.37. The van der Waals surface area contributed by atoms with Crippen LogP contribution in [0.25, 0.3) is 0 Å². The van der Waals surface area contributed by atoms with E-state index in [9.17, 15) is 0 Å². The Balaban J connectivity index is 2.05. The third kappa shape index (κ3) is 2.21. The summed E-state index contributed by atoms with van der Waals surface area (Å²) in [7, 11) is 0. The molecule has 0 fully saturated rings. The monoisotopic (exact) mass is 216 g/mol. The van der Waals surface area contributed by atoms with Crippen molar-refractivity contribution in [3.8, 4) is 0 Å². The van der Waals surface area contributed by atoms with Crippen LogP contribution in [0.15, 0.2) is 31.0 Å². The maximum atomic E-state index is 4.14. The largest absolute Gasteiger partial charge is 0.378 e. The third-order valence-corrected chi connectivity index (χ3v) is 2.64. The van der Waals surface area contributed by atoms with E-state index in [1.165, 1.54) is 11.3 Å². The molecule has 0 aliphatic heterocycles. The lowest BCUT2D eigenvalue weighted by molar-refractivity contribution is 0.719. The van der Waals surface area contributed by atoms with Gasteiger partial charge < -0.3 is 9.88 Å². The second-order valence-corrected chi connectivity index (χ2v) is 3.72. The van der Waals surface area contributed by atoms with E-state index in [1.807, 2.05) is 24.8 Å². The lowest BCUT2D eigenvalue weighted by Crippen LogP contribution is -2.06. The Kier molecular flexibility index (Phi) is 3.19. The van der Waals surface area contributed by atoms with Gasteiger partial charge in [0.2, 0.25) is 0 Å². The fraction of sp³-hybridized carbons (Fsp3) is 0.333. The molecule has 0 radical (unpaired) electrons. The minimum absolute atomic E-state index is 0.778. The quantitative estimate of drug-likeness (QED) is 0.852. The van der Waals surface area contributed by atoms with Gasteiger partial charge in [-0.1, -0.05) is 0 Å². The van der Waals surface area contributed by atoms with Crippen molar-refractivity contribution in [2.24, 2.45) is 0 Å². The van der Waals surface area contributed by atoms with Crippen molar-refractivity contribution in [2.75, 3.05) is 5.32 Å². The number of aromatic nitrogens is 3. The van der Waals surface area contributed by atoms with Gasteiger partial charge in [0.1, 0.15) is 0 Å². The molecule has 0 unspecified atom stereocenters. The second kappa shape index (κ2) is 4.79. The minimum Gasteiger partial charge on any atom is -0.378 e. The molecule has 0 atom stereocenters. The smallest absolute Gasteiger partial charge is 0.0948 e. The first-order chi connectivity index (χ1) is 7.81. The van der Waals surface area contributed by atoms with Crippen molar-refractivity contribution >= 4 is 5.69 Å². The summed E-state index contributed by atoms with van der Waals surface area (Å²) in [4.78, 5) is 8.24. The van der Waals surface area contributed by atoms with Gasteiger partial charge in [0.25, 0.3) is 0 Å². The van der Waals surface area contributed by atoms with Gasteiger partial charge >= 0.3 is 0 Å². The van der Waals surface area contributed by atoms with Crippen molar-refractivity contribution < 1.29 is 0 Å². The molecule has 0 saturated carbocycles. The topological polar surface area (TPSA) is 42.7 Å². The van der Waals surface area contributed by atoms with Crippen molar-refractivity contribution in [3.05, 3.63) is 42.2 Å². The van der Waals surface area contributed by atoms with Gasteiger partial charge in [-0.25, -0.2) is 4.98 Å². The molecule has 0 aromatic carbocycles. The normalized spacial score (nSPS) is 10.4. The Morgan fingerprint density at radius 2 is 2.19 bits per heavy atom. The van der Waals surface area contributed by atoms with E-state index in [0.29, 0.717) is 0 Å². The van der Waals surface area contributed by atoms with Gasteiger partial charge in [0, 0.05) is 18.9 Å². The van der Waals surface area contributed by atoms with Crippen molar-refractivity contribution in [2.45, 2.75) is 26.9 Å². The fourth-order valence-electron chi connectivity index (χ4n) is 1.61. The molecule has 16 heavy (non-hydrogen) atoms. The maximum Gasteiger partial charge on any atom is 0.0948 e. The first-order valence-electron chi connectivity index (χ1n) is 5.44. The molecule has 0 aliphatic carbocycles. The Labute approximate surface area is 95.4 Å². The van der Waals surface area contributed by atoms with Crippen LogP contribution in [0.1, 0.15) is 18.2 Å². The SMILES string of the molecule is CCn1cncc1CNc1cnccc1C. The van der Waals surface area contributed by atoms with Crippen LogP contribution in [0.5, 0.6) is 0 Å². The van der Waals surface area contributed by atoms with Gasteiger partial charge in [-0.05, 0) is 25.5 Å². The Hall–Kier alpha value is -1.84. The van der Waals surface area contributed by atoms with Gasteiger partial charge in [-0.2, -0.15) is 0 Å². The average molecular weight is 216 g/mol. The molecule has 2 aromatic rings. The first kappa shape index (κ1) is 10.7. The van der Waals surface area contributed by atoms with E-state index in [0.717, 1.165) is 18.8 Å². The highest BCUT2D eigenvalue weighted by Crippen LogP contribution is 2.12. The maximum absolute atomic E-state index is 4.14. The lowest BCUT2D eigenvalue weighted by atomic mass is 10.2. The molecule has 4 heteroatoms. The van der Waals surface area contributed by atoms with Crippen molar-refractivity contribution in [1.82, 2.24) is 14.5 Å². The molecule has 0 bridgehead atoms.